The second-order valence-electron chi connectivity index (χ2n) is 7.39. The fraction of sp³-hybridized carbons (Fsp3) is 0.889. The van der Waals surface area contributed by atoms with Crippen molar-refractivity contribution < 1.29 is 19.1 Å². The highest BCUT2D eigenvalue weighted by Crippen LogP contribution is 2.37. The first-order valence-corrected chi connectivity index (χ1v) is 9.57. The van der Waals surface area contributed by atoms with Crippen molar-refractivity contribution in [2.24, 2.45) is 0 Å². The molecule has 3 rings (SSSR count). The molecular formula is C18H30N2O4. The Labute approximate surface area is 144 Å². The first-order chi connectivity index (χ1) is 11.7. The smallest absolute Gasteiger partial charge is 0.309 e. The molecule has 2 aliphatic carbocycles. The van der Waals surface area contributed by atoms with E-state index >= 15 is 0 Å². The van der Waals surface area contributed by atoms with Crippen LogP contribution in [0.1, 0.15) is 70.6 Å². The van der Waals surface area contributed by atoms with Crippen LogP contribution in [-0.2, 0) is 19.1 Å². The molecule has 24 heavy (non-hydrogen) atoms. The lowest BCUT2D eigenvalue weighted by molar-refractivity contribution is -0.186. The highest BCUT2D eigenvalue weighted by atomic mass is 16.7. The second kappa shape index (κ2) is 8.30. The molecule has 136 valence electrons. The van der Waals surface area contributed by atoms with Crippen LogP contribution in [0.4, 0.5) is 0 Å². The van der Waals surface area contributed by atoms with Crippen LogP contribution in [-0.4, -0.2) is 42.9 Å². The molecule has 3 fully saturated rings. The first kappa shape index (κ1) is 17.7. The number of hydrogen-bond donors (Lipinski definition) is 2. The summed E-state index contributed by atoms with van der Waals surface area (Å²) in [5.41, 5.74) is 0. The summed E-state index contributed by atoms with van der Waals surface area (Å²) in [4.78, 5) is 24.0. The molecule has 0 aromatic rings. The highest BCUT2D eigenvalue weighted by Gasteiger charge is 2.42. The summed E-state index contributed by atoms with van der Waals surface area (Å²) in [7, 11) is 0. The van der Waals surface area contributed by atoms with Crippen molar-refractivity contribution in [3.05, 3.63) is 0 Å². The van der Waals surface area contributed by atoms with Gasteiger partial charge in [-0.05, 0) is 25.7 Å². The highest BCUT2D eigenvalue weighted by molar-refractivity contribution is 6.35. The van der Waals surface area contributed by atoms with Crippen LogP contribution < -0.4 is 10.6 Å². The molecule has 1 aliphatic heterocycles. The Morgan fingerprint density at radius 2 is 1.58 bits per heavy atom. The van der Waals surface area contributed by atoms with Crippen LogP contribution in [0.15, 0.2) is 0 Å². The topological polar surface area (TPSA) is 76.7 Å². The van der Waals surface area contributed by atoms with E-state index in [2.05, 4.69) is 10.6 Å². The quantitative estimate of drug-likeness (QED) is 0.610. The summed E-state index contributed by atoms with van der Waals surface area (Å²) in [6, 6.07) is 0.141. The van der Waals surface area contributed by atoms with Gasteiger partial charge in [-0.3, -0.25) is 9.59 Å². The third kappa shape index (κ3) is 4.70. The van der Waals surface area contributed by atoms with Crippen LogP contribution in [0.3, 0.4) is 0 Å². The lowest BCUT2D eigenvalue weighted by Gasteiger charge is -2.31. The van der Waals surface area contributed by atoms with Gasteiger partial charge in [0, 0.05) is 25.4 Å². The normalized spacial score (nSPS) is 27.6. The minimum atomic E-state index is -0.563. The van der Waals surface area contributed by atoms with E-state index in [4.69, 9.17) is 9.47 Å². The van der Waals surface area contributed by atoms with E-state index in [9.17, 15) is 9.59 Å². The molecule has 1 saturated heterocycles. The van der Waals surface area contributed by atoms with Gasteiger partial charge in [-0.2, -0.15) is 0 Å². The Kier molecular flexibility index (Phi) is 6.11. The molecule has 0 aromatic carbocycles. The lowest BCUT2D eigenvalue weighted by Crippen LogP contribution is -2.46. The average Bonchev–Trinajstić information content (AvgIpc) is 2.81. The Morgan fingerprint density at radius 1 is 0.917 bits per heavy atom. The minimum absolute atomic E-state index is 0.141. The van der Waals surface area contributed by atoms with Gasteiger partial charge < -0.3 is 20.1 Å². The van der Waals surface area contributed by atoms with Crippen LogP contribution in [0.25, 0.3) is 0 Å². The summed E-state index contributed by atoms with van der Waals surface area (Å²) < 4.78 is 11.9. The Hall–Kier alpha value is -1.14. The van der Waals surface area contributed by atoms with Gasteiger partial charge in [-0.25, -0.2) is 0 Å². The van der Waals surface area contributed by atoms with Crippen LogP contribution in [0.5, 0.6) is 0 Å². The van der Waals surface area contributed by atoms with Gasteiger partial charge in [0.15, 0.2) is 5.79 Å². The maximum atomic E-state index is 12.0. The molecule has 2 saturated carbocycles. The number of rotatable bonds is 3. The van der Waals surface area contributed by atoms with Crippen molar-refractivity contribution in [1.82, 2.24) is 10.6 Å². The van der Waals surface area contributed by atoms with Crippen LogP contribution >= 0.6 is 0 Å². The molecule has 0 aromatic heterocycles. The van der Waals surface area contributed by atoms with Crippen molar-refractivity contribution in [1.29, 1.82) is 0 Å². The average molecular weight is 338 g/mol. The van der Waals surface area contributed by atoms with E-state index < -0.39 is 17.6 Å². The number of ether oxygens (including phenoxy) is 2. The van der Waals surface area contributed by atoms with Crippen molar-refractivity contribution in [2.75, 3.05) is 13.2 Å². The molecule has 6 nitrogen and oxygen atoms in total. The number of carbonyl (C=O) groups excluding carboxylic acids is 2. The van der Waals surface area contributed by atoms with Crippen LogP contribution in [0, 0.1) is 0 Å². The van der Waals surface area contributed by atoms with E-state index in [1.54, 1.807) is 0 Å². The van der Waals surface area contributed by atoms with Crippen molar-refractivity contribution in [3.8, 4) is 0 Å². The van der Waals surface area contributed by atoms with Gasteiger partial charge >= 0.3 is 11.8 Å². The van der Waals surface area contributed by atoms with E-state index in [-0.39, 0.29) is 12.1 Å². The summed E-state index contributed by atoms with van der Waals surface area (Å²) in [5.74, 6) is -1.52. The molecule has 1 spiro atoms. The van der Waals surface area contributed by atoms with Gasteiger partial charge in [-0.1, -0.05) is 32.1 Å². The third-order valence-electron chi connectivity index (χ3n) is 5.42. The fourth-order valence-electron chi connectivity index (χ4n) is 4.03. The van der Waals surface area contributed by atoms with Crippen molar-refractivity contribution >= 4 is 11.8 Å². The summed E-state index contributed by atoms with van der Waals surface area (Å²) in [6.45, 7) is 0.823. The molecule has 1 heterocycles. The van der Waals surface area contributed by atoms with E-state index in [1.807, 2.05) is 0 Å². The predicted molar refractivity (Wildman–Crippen MR) is 89.3 cm³/mol. The molecule has 1 atom stereocenters. The Bertz CT molecular complexity index is 440. The summed E-state index contributed by atoms with van der Waals surface area (Å²) in [6.07, 6.45) is 11.8. The maximum absolute atomic E-state index is 12.0. The molecule has 3 aliphatic rings. The molecule has 6 heteroatoms. The van der Waals surface area contributed by atoms with Crippen molar-refractivity contribution in [2.45, 2.75) is 88.6 Å². The number of carbonyl (C=O) groups is 2. The van der Waals surface area contributed by atoms with Crippen LogP contribution in [0.2, 0.25) is 0 Å². The van der Waals surface area contributed by atoms with E-state index in [0.717, 1.165) is 51.4 Å². The standard InChI is InChI=1S/C18H30N2O4/c21-16(17(22)20-14-8-4-1-2-5-9-14)19-12-15-13-23-18(24-15)10-6-3-7-11-18/h14-15H,1-13H2,(H,19,21)(H,20,22)/t15-/m0/s1. The number of amides is 2. The molecule has 2 amide bonds. The molecule has 0 bridgehead atoms. The number of hydrogen-bond acceptors (Lipinski definition) is 4. The van der Waals surface area contributed by atoms with Gasteiger partial charge in [0.1, 0.15) is 6.10 Å². The fourth-order valence-corrected chi connectivity index (χ4v) is 4.03. The zero-order valence-electron chi connectivity index (χ0n) is 14.5. The zero-order chi connectivity index (χ0) is 16.8. The van der Waals surface area contributed by atoms with Gasteiger partial charge in [0.25, 0.3) is 0 Å². The monoisotopic (exact) mass is 338 g/mol. The summed E-state index contributed by atoms with van der Waals surface area (Å²) >= 11 is 0. The Balaban J connectivity index is 1.38. The summed E-state index contributed by atoms with van der Waals surface area (Å²) in [5, 5.41) is 5.56. The Morgan fingerprint density at radius 3 is 2.29 bits per heavy atom. The van der Waals surface area contributed by atoms with Gasteiger partial charge in [-0.15, -0.1) is 0 Å². The van der Waals surface area contributed by atoms with E-state index in [1.165, 1.54) is 19.3 Å². The molecule has 0 radical (unpaired) electrons. The maximum Gasteiger partial charge on any atom is 0.309 e. The SMILES string of the molecule is O=C(NC[C@H]1COC2(CCCCC2)O1)C(=O)NC1CCCCCC1. The van der Waals surface area contributed by atoms with E-state index in [0.29, 0.717) is 13.2 Å². The second-order valence-corrected chi connectivity index (χ2v) is 7.39. The molecule has 2 N–H and O–H groups in total. The van der Waals surface area contributed by atoms with Crippen molar-refractivity contribution in [3.63, 3.8) is 0 Å². The first-order valence-electron chi connectivity index (χ1n) is 9.57. The third-order valence-corrected chi connectivity index (χ3v) is 5.42. The molecule has 0 unspecified atom stereocenters. The predicted octanol–water partition coefficient (Wildman–Crippen LogP) is 2.02. The zero-order valence-corrected chi connectivity index (χ0v) is 14.5. The lowest BCUT2D eigenvalue weighted by atomic mass is 9.94. The molecular weight excluding hydrogens is 308 g/mol. The van der Waals surface area contributed by atoms with Gasteiger partial charge in [0.2, 0.25) is 0 Å². The number of nitrogens with one attached hydrogen (secondary N) is 2. The van der Waals surface area contributed by atoms with Gasteiger partial charge in [0.05, 0.1) is 6.61 Å². The minimum Gasteiger partial charge on any atom is -0.347 e. The largest absolute Gasteiger partial charge is 0.347 e.